The molecule has 1 aliphatic rings. The summed E-state index contributed by atoms with van der Waals surface area (Å²) in [5.41, 5.74) is 1.35. The molecule has 0 aliphatic carbocycles. The first kappa shape index (κ1) is 15.1. The molecule has 6 heteroatoms. The molecule has 1 atom stereocenters. The van der Waals surface area contributed by atoms with Crippen molar-refractivity contribution < 1.29 is 4.52 Å². The van der Waals surface area contributed by atoms with Gasteiger partial charge in [-0.2, -0.15) is 4.98 Å². The molecule has 3 heterocycles. The zero-order valence-electron chi connectivity index (χ0n) is 13.3. The Labute approximate surface area is 131 Å². The predicted octanol–water partition coefficient (Wildman–Crippen LogP) is 1.69. The van der Waals surface area contributed by atoms with Crippen molar-refractivity contribution in [2.24, 2.45) is 0 Å². The Kier molecular flexibility index (Phi) is 4.80. The van der Waals surface area contributed by atoms with Crippen LogP contribution in [0.5, 0.6) is 0 Å². The van der Waals surface area contributed by atoms with E-state index < -0.39 is 0 Å². The lowest BCUT2D eigenvalue weighted by Gasteiger charge is -2.36. The van der Waals surface area contributed by atoms with Crippen LogP contribution in [0.2, 0.25) is 0 Å². The summed E-state index contributed by atoms with van der Waals surface area (Å²) in [7, 11) is 0. The molecule has 3 rings (SSSR count). The highest BCUT2D eigenvalue weighted by atomic mass is 16.5. The van der Waals surface area contributed by atoms with Gasteiger partial charge in [-0.25, -0.2) is 0 Å². The molecule has 1 aliphatic heterocycles. The quantitative estimate of drug-likeness (QED) is 0.837. The molecule has 0 bridgehead atoms. The Balaban J connectivity index is 1.46. The second-order valence-electron chi connectivity index (χ2n) is 5.84. The van der Waals surface area contributed by atoms with E-state index in [1.165, 1.54) is 5.56 Å². The van der Waals surface area contributed by atoms with Crippen LogP contribution in [0.15, 0.2) is 29.0 Å². The van der Waals surface area contributed by atoms with Crippen molar-refractivity contribution in [3.05, 3.63) is 41.8 Å². The summed E-state index contributed by atoms with van der Waals surface area (Å²) in [6, 6.07) is 4.38. The van der Waals surface area contributed by atoms with Gasteiger partial charge in [-0.3, -0.25) is 9.88 Å². The minimum atomic E-state index is 0.198. The minimum Gasteiger partial charge on any atom is -0.338 e. The third kappa shape index (κ3) is 3.69. The lowest BCUT2D eigenvalue weighted by Crippen LogP contribution is -2.47. The average molecular weight is 301 g/mol. The van der Waals surface area contributed by atoms with E-state index >= 15 is 0 Å². The second kappa shape index (κ2) is 6.98. The molecule has 6 nitrogen and oxygen atoms in total. The molecule has 0 N–H and O–H groups in total. The molecular weight excluding hydrogens is 278 g/mol. The molecule has 0 unspecified atom stereocenters. The van der Waals surface area contributed by atoms with Gasteiger partial charge in [0.25, 0.3) is 0 Å². The number of piperazine rings is 1. The second-order valence-corrected chi connectivity index (χ2v) is 5.84. The standard InChI is InChI=1S/C16H23N5O/c1-13(16-18-14(2)19-22-16)21-11-9-20(10-12-21)8-5-15-3-6-17-7-4-15/h3-4,6-7,13H,5,8-12H2,1-2H3/t13-/m1/s1. The summed E-state index contributed by atoms with van der Waals surface area (Å²) in [4.78, 5) is 13.3. The van der Waals surface area contributed by atoms with Gasteiger partial charge in [0.1, 0.15) is 0 Å². The number of rotatable bonds is 5. The highest BCUT2D eigenvalue weighted by molar-refractivity contribution is 5.10. The fourth-order valence-corrected chi connectivity index (χ4v) is 2.85. The van der Waals surface area contributed by atoms with E-state index in [9.17, 15) is 0 Å². The van der Waals surface area contributed by atoms with Crippen molar-refractivity contribution in [2.75, 3.05) is 32.7 Å². The van der Waals surface area contributed by atoms with Crippen molar-refractivity contribution >= 4 is 0 Å². The largest absolute Gasteiger partial charge is 0.338 e. The molecule has 118 valence electrons. The minimum absolute atomic E-state index is 0.198. The molecule has 2 aromatic heterocycles. The van der Waals surface area contributed by atoms with E-state index in [-0.39, 0.29) is 6.04 Å². The van der Waals surface area contributed by atoms with Crippen LogP contribution in [0.25, 0.3) is 0 Å². The number of hydrogen-bond donors (Lipinski definition) is 0. The molecule has 0 amide bonds. The van der Waals surface area contributed by atoms with Crippen LogP contribution in [0.1, 0.15) is 30.2 Å². The summed E-state index contributed by atoms with van der Waals surface area (Å²) in [6.07, 6.45) is 4.81. The number of aryl methyl sites for hydroxylation is 1. The van der Waals surface area contributed by atoms with Gasteiger partial charge in [0.15, 0.2) is 5.82 Å². The summed E-state index contributed by atoms with van der Waals surface area (Å²) in [5, 5.41) is 3.88. The monoisotopic (exact) mass is 301 g/mol. The lowest BCUT2D eigenvalue weighted by atomic mass is 10.1. The lowest BCUT2D eigenvalue weighted by molar-refractivity contribution is 0.0890. The average Bonchev–Trinajstić information content (AvgIpc) is 3.00. The first-order chi connectivity index (χ1) is 10.7. The fraction of sp³-hybridized carbons (Fsp3) is 0.562. The van der Waals surface area contributed by atoms with Crippen LogP contribution >= 0.6 is 0 Å². The molecule has 22 heavy (non-hydrogen) atoms. The Morgan fingerprint density at radius 1 is 1.18 bits per heavy atom. The van der Waals surface area contributed by atoms with Gasteiger partial charge in [0, 0.05) is 45.1 Å². The van der Waals surface area contributed by atoms with Crippen LogP contribution in [0.3, 0.4) is 0 Å². The summed E-state index contributed by atoms with van der Waals surface area (Å²) in [6.45, 7) is 9.35. The molecule has 1 saturated heterocycles. The summed E-state index contributed by atoms with van der Waals surface area (Å²) in [5.74, 6) is 1.43. The van der Waals surface area contributed by atoms with Crippen molar-refractivity contribution in [1.29, 1.82) is 0 Å². The zero-order chi connectivity index (χ0) is 15.4. The van der Waals surface area contributed by atoms with E-state index in [0.717, 1.165) is 45.0 Å². The van der Waals surface area contributed by atoms with E-state index in [0.29, 0.717) is 5.82 Å². The maximum Gasteiger partial charge on any atom is 0.243 e. The molecule has 0 saturated carbocycles. The van der Waals surface area contributed by atoms with Gasteiger partial charge in [-0.15, -0.1) is 0 Å². The predicted molar refractivity (Wildman–Crippen MR) is 83.4 cm³/mol. The van der Waals surface area contributed by atoms with Crippen molar-refractivity contribution in [2.45, 2.75) is 26.3 Å². The maximum absolute atomic E-state index is 5.29. The third-order valence-electron chi connectivity index (χ3n) is 4.32. The normalized spacial score (nSPS) is 18.5. The Bertz CT molecular complexity index is 577. The summed E-state index contributed by atoms with van der Waals surface area (Å²) >= 11 is 0. The first-order valence-electron chi connectivity index (χ1n) is 7.88. The van der Waals surface area contributed by atoms with Crippen molar-refractivity contribution in [3.63, 3.8) is 0 Å². The van der Waals surface area contributed by atoms with Gasteiger partial charge in [0.2, 0.25) is 5.89 Å². The van der Waals surface area contributed by atoms with Gasteiger partial charge < -0.3 is 9.42 Å². The smallest absolute Gasteiger partial charge is 0.243 e. The van der Waals surface area contributed by atoms with Crippen LogP contribution in [0.4, 0.5) is 0 Å². The Hall–Kier alpha value is -1.79. The molecule has 0 spiro atoms. The van der Waals surface area contributed by atoms with E-state index in [1.54, 1.807) is 0 Å². The van der Waals surface area contributed by atoms with E-state index in [4.69, 9.17) is 4.52 Å². The number of pyridine rings is 1. The van der Waals surface area contributed by atoms with Gasteiger partial charge in [-0.05, 0) is 38.0 Å². The van der Waals surface area contributed by atoms with Crippen molar-refractivity contribution in [1.82, 2.24) is 24.9 Å². The first-order valence-corrected chi connectivity index (χ1v) is 7.88. The molecular formula is C16H23N5O. The molecule has 0 aromatic carbocycles. The molecule has 1 fully saturated rings. The van der Waals surface area contributed by atoms with E-state index in [1.807, 2.05) is 19.3 Å². The van der Waals surface area contributed by atoms with Gasteiger partial charge in [-0.1, -0.05) is 5.16 Å². The van der Waals surface area contributed by atoms with Crippen molar-refractivity contribution in [3.8, 4) is 0 Å². The highest BCUT2D eigenvalue weighted by Crippen LogP contribution is 2.20. The highest BCUT2D eigenvalue weighted by Gasteiger charge is 2.25. The zero-order valence-corrected chi connectivity index (χ0v) is 13.3. The third-order valence-corrected chi connectivity index (χ3v) is 4.32. The SMILES string of the molecule is Cc1noc([C@@H](C)N2CCN(CCc3ccncc3)CC2)n1. The maximum atomic E-state index is 5.29. The van der Waals surface area contributed by atoms with Crippen LogP contribution in [-0.2, 0) is 6.42 Å². The number of aromatic nitrogens is 3. The molecule has 2 aromatic rings. The van der Waals surface area contributed by atoms with Gasteiger partial charge >= 0.3 is 0 Å². The topological polar surface area (TPSA) is 58.3 Å². The van der Waals surface area contributed by atoms with Crippen LogP contribution in [0, 0.1) is 6.92 Å². The van der Waals surface area contributed by atoms with Gasteiger partial charge in [0.05, 0.1) is 6.04 Å². The fourth-order valence-electron chi connectivity index (χ4n) is 2.85. The Morgan fingerprint density at radius 2 is 1.91 bits per heavy atom. The Morgan fingerprint density at radius 3 is 2.55 bits per heavy atom. The van der Waals surface area contributed by atoms with E-state index in [2.05, 4.69) is 44.0 Å². The molecule has 0 radical (unpaired) electrons. The van der Waals surface area contributed by atoms with Crippen LogP contribution < -0.4 is 0 Å². The summed E-state index contributed by atoms with van der Waals surface area (Å²) < 4.78 is 5.29. The number of hydrogen-bond acceptors (Lipinski definition) is 6. The number of nitrogens with zero attached hydrogens (tertiary/aromatic N) is 5. The van der Waals surface area contributed by atoms with Crippen LogP contribution in [-0.4, -0.2) is 57.6 Å².